The molecule has 1 aromatic heterocycles. The maximum absolute atomic E-state index is 11.2. The third kappa shape index (κ3) is 2.75. The van der Waals surface area contributed by atoms with Crippen molar-refractivity contribution in [3.63, 3.8) is 0 Å². The van der Waals surface area contributed by atoms with E-state index in [2.05, 4.69) is 4.98 Å². The van der Waals surface area contributed by atoms with Gasteiger partial charge in [0.25, 0.3) is 0 Å². The van der Waals surface area contributed by atoms with Gasteiger partial charge in [-0.2, -0.15) is 0 Å². The average molecular weight is 234 g/mol. The van der Waals surface area contributed by atoms with Crippen molar-refractivity contribution in [1.29, 1.82) is 0 Å². The van der Waals surface area contributed by atoms with E-state index >= 15 is 0 Å². The summed E-state index contributed by atoms with van der Waals surface area (Å²) in [6.45, 7) is 0. The Hall–Kier alpha value is -1.58. The minimum Gasteiger partial charge on any atom is -0.481 e. The lowest BCUT2D eigenvalue weighted by molar-refractivity contribution is -0.144. The van der Waals surface area contributed by atoms with Crippen LogP contribution in [0.2, 0.25) is 0 Å². The molecule has 1 aliphatic carbocycles. The molecule has 4 heteroatoms. The molecule has 0 saturated heterocycles. The van der Waals surface area contributed by atoms with E-state index in [1.165, 1.54) is 0 Å². The van der Waals surface area contributed by atoms with E-state index in [1.807, 2.05) is 12.1 Å². The van der Waals surface area contributed by atoms with Crippen molar-refractivity contribution in [3.05, 3.63) is 23.9 Å². The Morgan fingerprint density at radius 1 is 1.47 bits per heavy atom. The van der Waals surface area contributed by atoms with Gasteiger partial charge in [-0.15, -0.1) is 0 Å². The van der Waals surface area contributed by atoms with Gasteiger partial charge >= 0.3 is 5.97 Å². The molecule has 1 aromatic rings. The van der Waals surface area contributed by atoms with Crippen LogP contribution in [0, 0.1) is 11.8 Å². The standard InChI is InChI=1S/C13H18N2O2/c14-12-10(5-3-7-15-12)8-9-4-1-2-6-11(9)13(16)17/h3,5,7,9,11H,1-2,4,6,8H2,(H2,14,15)(H,16,17). The fraction of sp³-hybridized carbons (Fsp3) is 0.538. The number of nitrogens with two attached hydrogens (primary N) is 1. The van der Waals surface area contributed by atoms with Crippen molar-refractivity contribution < 1.29 is 9.90 Å². The monoisotopic (exact) mass is 234 g/mol. The molecule has 1 heterocycles. The molecule has 3 N–H and O–H groups in total. The van der Waals surface area contributed by atoms with E-state index in [0.717, 1.165) is 37.7 Å². The zero-order chi connectivity index (χ0) is 12.3. The molecule has 0 radical (unpaired) electrons. The van der Waals surface area contributed by atoms with Crippen LogP contribution in [0.4, 0.5) is 5.82 Å². The van der Waals surface area contributed by atoms with E-state index in [9.17, 15) is 9.90 Å². The zero-order valence-corrected chi connectivity index (χ0v) is 9.80. The number of nitrogens with zero attached hydrogens (tertiary/aromatic N) is 1. The molecule has 92 valence electrons. The first-order chi connectivity index (χ1) is 8.18. The number of hydrogen-bond donors (Lipinski definition) is 2. The number of hydrogen-bond acceptors (Lipinski definition) is 3. The van der Waals surface area contributed by atoms with Crippen LogP contribution >= 0.6 is 0 Å². The molecular formula is C13H18N2O2. The van der Waals surface area contributed by atoms with Crippen LogP contribution < -0.4 is 5.73 Å². The lowest BCUT2D eigenvalue weighted by atomic mass is 9.76. The molecule has 0 aliphatic heterocycles. The molecule has 0 spiro atoms. The number of pyridine rings is 1. The Kier molecular flexibility index (Phi) is 3.61. The molecule has 1 fully saturated rings. The lowest BCUT2D eigenvalue weighted by Gasteiger charge is -2.28. The number of aromatic nitrogens is 1. The van der Waals surface area contributed by atoms with Gasteiger partial charge in [-0.25, -0.2) is 4.98 Å². The number of carboxylic acid groups (broad SMARTS) is 1. The average Bonchev–Trinajstić information content (AvgIpc) is 2.32. The quantitative estimate of drug-likeness (QED) is 0.839. The van der Waals surface area contributed by atoms with Crippen molar-refractivity contribution >= 4 is 11.8 Å². The Morgan fingerprint density at radius 3 is 2.94 bits per heavy atom. The molecule has 2 atom stereocenters. The second-order valence-electron chi connectivity index (χ2n) is 4.74. The Bertz CT molecular complexity index is 406. The molecule has 17 heavy (non-hydrogen) atoms. The highest BCUT2D eigenvalue weighted by Crippen LogP contribution is 2.33. The molecule has 2 unspecified atom stereocenters. The number of aliphatic carboxylic acids is 1. The largest absolute Gasteiger partial charge is 0.481 e. The van der Waals surface area contributed by atoms with Gasteiger partial charge in [-0.1, -0.05) is 18.9 Å². The Balaban J connectivity index is 2.11. The van der Waals surface area contributed by atoms with Crippen LogP contribution in [0.25, 0.3) is 0 Å². The summed E-state index contributed by atoms with van der Waals surface area (Å²) in [5.41, 5.74) is 6.78. The first-order valence-corrected chi connectivity index (χ1v) is 6.10. The van der Waals surface area contributed by atoms with Gasteiger partial charge in [0, 0.05) is 6.20 Å². The molecule has 2 rings (SSSR count). The highest BCUT2D eigenvalue weighted by Gasteiger charge is 2.31. The maximum Gasteiger partial charge on any atom is 0.306 e. The lowest BCUT2D eigenvalue weighted by Crippen LogP contribution is -2.28. The van der Waals surface area contributed by atoms with Gasteiger partial charge in [0.2, 0.25) is 0 Å². The second-order valence-corrected chi connectivity index (χ2v) is 4.74. The minimum absolute atomic E-state index is 0.202. The molecule has 4 nitrogen and oxygen atoms in total. The topological polar surface area (TPSA) is 76.2 Å². The van der Waals surface area contributed by atoms with Gasteiger partial charge in [-0.05, 0) is 36.8 Å². The first-order valence-electron chi connectivity index (χ1n) is 6.10. The molecular weight excluding hydrogens is 216 g/mol. The summed E-state index contributed by atoms with van der Waals surface area (Å²) in [6, 6.07) is 3.79. The smallest absolute Gasteiger partial charge is 0.306 e. The fourth-order valence-corrected chi connectivity index (χ4v) is 2.68. The van der Waals surface area contributed by atoms with Gasteiger partial charge in [0.1, 0.15) is 5.82 Å². The highest BCUT2D eigenvalue weighted by molar-refractivity contribution is 5.70. The summed E-state index contributed by atoms with van der Waals surface area (Å²) in [5.74, 6) is -0.157. The fourth-order valence-electron chi connectivity index (χ4n) is 2.68. The number of nitrogen functional groups attached to an aromatic ring is 1. The van der Waals surface area contributed by atoms with Crippen molar-refractivity contribution in [1.82, 2.24) is 4.98 Å². The number of rotatable bonds is 3. The first kappa shape index (κ1) is 11.9. The minimum atomic E-state index is -0.669. The molecule has 0 aromatic carbocycles. The highest BCUT2D eigenvalue weighted by atomic mass is 16.4. The third-order valence-corrected chi connectivity index (χ3v) is 3.63. The van der Waals surface area contributed by atoms with Crippen LogP contribution in [0.15, 0.2) is 18.3 Å². The van der Waals surface area contributed by atoms with Crippen molar-refractivity contribution in [2.45, 2.75) is 32.1 Å². The van der Waals surface area contributed by atoms with Crippen LogP contribution in [0.1, 0.15) is 31.2 Å². The summed E-state index contributed by atoms with van der Waals surface area (Å²) in [7, 11) is 0. The molecule has 1 saturated carbocycles. The van der Waals surface area contributed by atoms with E-state index < -0.39 is 5.97 Å². The number of carbonyl (C=O) groups is 1. The van der Waals surface area contributed by atoms with E-state index in [1.54, 1.807) is 6.20 Å². The van der Waals surface area contributed by atoms with E-state index in [4.69, 9.17) is 5.73 Å². The van der Waals surface area contributed by atoms with Crippen molar-refractivity contribution in [2.24, 2.45) is 11.8 Å². The van der Waals surface area contributed by atoms with Crippen LogP contribution in [-0.2, 0) is 11.2 Å². The zero-order valence-electron chi connectivity index (χ0n) is 9.80. The normalized spacial score (nSPS) is 24.5. The summed E-state index contributed by atoms with van der Waals surface area (Å²) in [6.07, 6.45) is 6.31. The van der Waals surface area contributed by atoms with Crippen molar-refractivity contribution in [3.8, 4) is 0 Å². The summed E-state index contributed by atoms with van der Waals surface area (Å²) >= 11 is 0. The summed E-state index contributed by atoms with van der Waals surface area (Å²) < 4.78 is 0. The molecule has 0 amide bonds. The number of carboxylic acids is 1. The maximum atomic E-state index is 11.2. The van der Waals surface area contributed by atoms with Gasteiger partial charge in [0.05, 0.1) is 5.92 Å². The van der Waals surface area contributed by atoms with Gasteiger partial charge in [0.15, 0.2) is 0 Å². The Morgan fingerprint density at radius 2 is 2.24 bits per heavy atom. The van der Waals surface area contributed by atoms with Crippen molar-refractivity contribution in [2.75, 3.05) is 5.73 Å². The van der Waals surface area contributed by atoms with E-state index in [0.29, 0.717) is 5.82 Å². The molecule has 1 aliphatic rings. The predicted octanol–water partition coefficient (Wildman–Crippen LogP) is 2.10. The third-order valence-electron chi connectivity index (χ3n) is 3.63. The predicted molar refractivity (Wildman–Crippen MR) is 65.4 cm³/mol. The van der Waals surface area contributed by atoms with Gasteiger partial charge < -0.3 is 10.8 Å². The van der Waals surface area contributed by atoms with E-state index in [-0.39, 0.29) is 11.8 Å². The van der Waals surface area contributed by atoms with Crippen LogP contribution in [0.3, 0.4) is 0 Å². The second kappa shape index (κ2) is 5.17. The summed E-state index contributed by atoms with van der Waals surface area (Å²) in [5, 5.41) is 9.21. The Labute approximate surface area is 101 Å². The molecule has 0 bridgehead atoms. The SMILES string of the molecule is Nc1ncccc1CC1CCCCC1C(=O)O. The van der Waals surface area contributed by atoms with Gasteiger partial charge in [-0.3, -0.25) is 4.79 Å². The summed E-state index contributed by atoms with van der Waals surface area (Å²) in [4.78, 5) is 15.2. The van der Waals surface area contributed by atoms with Crippen LogP contribution in [-0.4, -0.2) is 16.1 Å². The number of anilines is 1. The van der Waals surface area contributed by atoms with Crippen LogP contribution in [0.5, 0.6) is 0 Å².